The Balaban J connectivity index is 1.49. The monoisotopic (exact) mass is 445 g/mol. The normalized spacial score (nSPS) is 12.6. The van der Waals surface area contributed by atoms with E-state index in [-0.39, 0.29) is 12.5 Å². The summed E-state index contributed by atoms with van der Waals surface area (Å²) in [4.78, 5) is 25.6. The fourth-order valence-electron chi connectivity index (χ4n) is 2.59. The molecule has 0 unspecified atom stereocenters. The van der Waals surface area contributed by atoms with Crippen LogP contribution in [-0.4, -0.2) is 43.6 Å². The molecule has 0 aliphatic carbocycles. The van der Waals surface area contributed by atoms with Gasteiger partial charge in [0.25, 0.3) is 5.91 Å². The van der Waals surface area contributed by atoms with Crippen LogP contribution in [0.3, 0.4) is 0 Å². The summed E-state index contributed by atoms with van der Waals surface area (Å²) in [6.45, 7) is 1.13. The molecule has 6 nitrogen and oxygen atoms in total. The third kappa shape index (κ3) is 5.36. The molecule has 1 aliphatic rings. The number of fused-ring (bicyclic) bond motifs is 1. The van der Waals surface area contributed by atoms with Crippen LogP contribution in [0.5, 0.6) is 11.5 Å². The van der Waals surface area contributed by atoms with Crippen LogP contribution in [0.2, 0.25) is 0 Å². The van der Waals surface area contributed by atoms with Gasteiger partial charge in [-0.05, 0) is 35.4 Å². The van der Waals surface area contributed by atoms with E-state index in [0.717, 1.165) is 15.6 Å². The van der Waals surface area contributed by atoms with Gasteiger partial charge in [0.1, 0.15) is 13.2 Å². The molecule has 7 heteroatoms. The minimum atomic E-state index is -0.586. The molecule has 1 aliphatic heterocycles. The topological polar surface area (TPSA) is 65.1 Å². The van der Waals surface area contributed by atoms with Crippen LogP contribution in [0.15, 0.2) is 53.0 Å². The van der Waals surface area contributed by atoms with E-state index < -0.39 is 5.97 Å². The highest BCUT2D eigenvalue weighted by Gasteiger charge is 2.13. The van der Waals surface area contributed by atoms with Gasteiger partial charge in [0.2, 0.25) is 0 Å². The van der Waals surface area contributed by atoms with Crippen LogP contribution < -0.4 is 9.47 Å². The number of likely N-dealkylation sites (N-methyl/N-ethyl adjacent to an activating group) is 1. The first kappa shape index (κ1) is 19.9. The third-order valence-corrected chi connectivity index (χ3v) is 4.88. The first-order chi connectivity index (χ1) is 13.5. The quantitative estimate of drug-likeness (QED) is 0.503. The molecule has 0 aromatic heterocycles. The summed E-state index contributed by atoms with van der Waals surface area (Å²) in [6, 6.07) is 13.0. The number of rotatable bonds is 6. The number of hydrogen-bond donors (Lipinski definition) is 0. The molecule has 0 bridgehead atoms. The fourth-order valence-corrected chi connectivity index (χ4v) is 3.00. The number of ether oxygens (including phenoxy) is 3. The van der Waals surface area contributed by atoms with Crippen molar-refractivity contribution < 1.29 is 23.8 Å². The Morgan fingerprint density at radius 2 is 1.89 bits per heavy atom. The molecule has 146 valence electrons. The molecule has 1 amide bonds. The van der Waals surface area contributed by atoms with Crippen molar-refractivity contribution in [3.8, 4) is 11.5 Å². The molecule has 0 N–H and O–H groups in total. The van der Waals surface area contributed by atoms with E-state index in [1.54, 1.807) is 25.3 Å². The lowest BCUT2D eigenvalue weighted by Gasteiger charge is -2.18. The van der Waals surface area contributed by atoms with Gasteiger partial charge in [-0.25, -0.2) is 4.79 Å². The number of hydrogen-bond acceptors (Lipinski definition) is 5. The smallest absolute Gasteiger partial charge is 0.331 e. The molecule has 1 heterocycles. The average molecular weight is 446 g/mol. The van der Waals surface area contributed by atoms with Crippen molar-refractivity contribution in [1.82, 2.24) is 4.90 Å². The average Bonchev–Trinajstić information content (AvgIpc) is 2.71. The molecule has 3 rings (SSSR count). The minimum absolute atomic E-state index is 0.281. The van der Waals surface area contributed by atoms with E-state index in [9.17, 15) is 9.59 Å². The van der Waals surface area contributed by atoms with Gasteiger partial charge in [0.15, 0.2) is 18.1 Å². The standard InChI is InChI=1S/C21H20BrNO5/c1-23(13-16-4-2-3-5-17(16)22)20(24)14-28-21(25)9-7-15-6-8-18-19(12-15)27-11-10-26-18/h2-9,12H,10-11,13-14H2,1H3/b9-7+. The molecule has 0 radical (unpaired) electrons. The van der Waals surface area contributed by atoms with Gasteiger partial charge in [-0.2, -0.15) is 0 Å². The number of carbonyl (C=O) groups is 2. The highest BCUT2D eigenvalue weighted by molar-refractivity contribution is 9.10. The molecule has 0 atom stereocenters. The summed E-state index contributed by atoms with van der Waals surface area (Å²) in [6.07, 6.45) is 2.89. The van der Waals surface area contributed by atoms with E-state index in [4.69, 9.17) is 14.2 Å². The highest BCUT2D eigenvalue weighted by atomic mass is 79.9. The second-order valence-electron chi connectivity index (χ2n) is 6.19. The summed E-state index contributed by atoms with van der Waals surface area (Å²) < 4.78 is 16.9. The Morgan fingerprint density at radius 1 is 1.14 bits per heavy atom. The Hall–Kier alpha value is -2.80. The maximum Gasteiger partial charge on any atom is 0.331 e. The fraction of sp³-hybridized carbons (Fsp3) is 0.238. The Morgan fingerprint density at radius 3 is 2.68 bits per heavy atom. The van der Waals surface area contributed by atoms with Crippen molar-refractivity contribution >= 4 is 33.9 Å². The van der Waals surface area contributed by atoms with E-state index in [1.807, 2.05) is 30.3 Å². The summed E-state index contributed by atoms with van der Waals surface area (Å²) in [7, 11) is 1.67. The van der Waals surface area contributed by atoms with E-state index in [2.05, 4.69) is 15.9 Å². The molecular formula is C21H20BrNO5. The second-order valence-corrected chi connectivity index (χ2v) is 7.04. The molecule has 28 heavy (non-hydrogen) atoms. The maximum absolute atomic E-state index is 12.2. The molecule has 0 spiro atoms. The Bertz CT molecular complexity index is 896. The zero-order chi connectivity index (χ0) is 19.9. The van der Waals surface area contributed by atoms with Crippen molar-refractivity contribution in [3.05, 3.63) is 64.1 Å². The summed E-state index contributed by atoms with van der Waals surface area (Å²) in [5.74, 6) is 0.463. The zero-order valence-corrected chi connectivity index (χ0v) is 17.0. The number of esters is 1. The van der Waals surface area contributed by atoms with Gasteiger partial charge >= 0.3 is 5.97 Å². The lowest BCUT2D eigenvalue weighted by molar-refractivity contribution is -0.147. The van der Waals surface area contributed by atoms with Crippen LogP contribution in [0.25, 0.3) is 6.08 Å². The van der Waals surface area contributed by atoms with Crippen molar-refractivity contribution in [2.45, 2.75) is 6.54 Å². The molecule has 0 fully saturated rings. The lowest BCUT2D eigenvalue weighted by atomic mass is 10.2. The zero-order valence-electron chi connectivity index (χ0n) is 15.4. The third-order valence-electron chi connectivity index (χ3n) is 4.11. The number of nitrogens with zero attached hydrogens (tertiary/aromatic N) is 1. The van der Waals surface area contributed by atoms with Gasteiger partial charge < -0.3 is 19.1 Å². The van der Waals surface area contributed by atoms with Gasteiger partial charge in [0, 0.05) is 24.1 Å². The van der Waals surface area contributed by atoms with Crippen LogP contribution in [-0.2, 0) is 20.9 Å². The summed E-state index contributed by atoms with van der Waals surface area (Å²) in [5.41, 5.74) is 1.75. The van der Waals surface area contributed by atoms with Crippen LogP contribution in [0, 0.1) is 0 Å². The van der Waals surface area contributed by atoms with E-state index in [0.29, 0.717) is 31.3 Å². The molecule has 0 saturated heterocycles. The molecule has 2 aromatic rings. The van der Waals surface area contributed by atoms with Gasteiger partial charge in [-0.15, -0.1) is 0 Å². The van der Waals surface area contributed by atoms with Gasteiger partial charge in [-0.1, -0.05) is 40.2 Å². The Kier molecular flexibility index (Phi) is 6.71. The highest BCUT2D eigenvalue weighted by Crippen LogP contribution is 2.31. The number of carbonyl (C=O) groups excluding carboxylic acids is 2. The van der Waals surface area contributed by atoms with Gasteiger partial charge in [-0.3, -0.25) is 4.79 Å². The SMILES string of the molecule is CN(Cc1ccccc1Br)C(=O)COC(=O)/C=C/c1ccc2c(c1)OCCO2. The molecule has 0 saturated carbocycles. The van der Waals surface area contributed by atoms with Crippen molar-refractivity contribution in [2.75, 3.05) is 26.9 Å². The second kappa shape index (κ2) is 9.41. The van der Waals surface area contributed by atoms with Crippen molar-refractivity contribution in [1.29, 1.82) is 0 Å². The predicted octanol–water partition coefficient (Wildman–Crippen LogP) is 3.44. The van der Waals surface area contributed by atoms with E-state index in [1.165, 1.54) is 11.0 Å². The van der Waals surface area contributed by atoms with Crippen molar-refractivity contribution in [2.24, 2.45) is 0 Å². The lowest BCUT2D eigenvalue weighted by Crippen LogP contribution is -2.30. The Labute approximate surface area is 171 Å². The minimum Gasteiger partial charge on any atom is -0.486 e. The van der Waals surface area contributed by atoms with Crippen LogP contribution in [0.4, 0.5) is 0 Å². The summed E-state index contributed by atoms with van der Waals surface area (Å²) in [5, 5.41) is 0. The maximum atomic E-state index is 12.2. The van der Waals surface area contributed by atoms with Crippen LogP contribution in [0.1, 0.15) is 11.1 Å². The van der Waals surface area contributed by atoms with Crippen LogP contribution >= 0.6 is 15.9 Å². The first-order valence-electron chi connectivity index (χ1n) is 8.75. The number of halogens is 1. The predicted molar refractivity (Wildman–Crippen MR) is 108 cm³/mol. The largest absolute Gasteiger partial charge is 0.486 e. The van der Waals surface area contributed by atoms with E-state index >= 15 is 0 Å². The van der Waals surface area contributed by atoms with Gasteiger partial charge in [0.05, 0.1) is 0 Å². The first-order valence-corrected chi connectivity index (χ1v) is 9.54. The summed E-state index contributed by atoms with van der Waals surface area (Å²) >= 11 is 3.45. The molecule has 2 aromatic carbocycles. The van der Waals surface area contributed by atoms with Crippen molar-refractivity contribution in [3.63, 3.8) is 0 Å². The molecular weight excluding hydrogens is 426 g/mol. The number of benzene rings is 2. The number of amides is 1.